The van der Waals surface area contributed by atoms with Crippen LogP contribution in [-0.2, 0) is 16.1 Å². The van der Waals surface area contributed by atoms with Crippen molar-refractivity contribution in [3.8, 4) is 0 Å². The summed E-state index contributed by atoms with van der Waals surface area (Å²) in [4.78, 5) is 23.1. The zero-order valence-electron chi connectivity index (χ0n) is 12.0. The van der Waals surface area contributed by atoms with Gasteiger partial charge in [-0.3, -0.25) is 4.79 Å². The molecule has 1 heterocycles. The average Bonchev–Trinajstić information content (AvgIpc) is 2.81. The molecule has 0 bridgehead atoms. The molecule has 0 radical (unpaired) electrons. The van der Waals surface area contributed by atoms with E-state index < -0.39 is 5.97 Å². The molecular weight excluding hydrogens is 272 g/mol. The SMILES string of the molecule is COCC(C)NC(=O)Cn1ccc2c(C(=O)O)cccc21. The largest absolute Gasteiger partial charge is 0.478 e. The van der Waals surface area contributed by atoms with Gasteiger partial charge >= 0.3 is 5.97 Å². The molecule has 21 heavy (non-hydrogen) atoms. The maximum absolute atomic E-state index is 12.0. The topological polar surface area (TPSA) is 80.6 Å². The summed E-state index contributed by atoms with van der Waals surface area (Å²) in [5.41, 5.74) is 0.962. The quantitative estimate of drug-likeness (QED) is 0.844. The number of methoxy groups -OCH3 is 1. The van der Waals surface area contributed by atoms with Crippen molar-refractivity contribution >= 4 is 22.8 Å². The fourth-order valence-electron chi connectivity index (χ4n) is 2.31. The van der Waals surface area contributed by atoms with Gasteiger partial charge in [-0.2, -0.15) is 0 Å². The van der Waals surface area contributed by atoms with Crippen LogP contribution < -0.4 is 5.32 Å². The molecule has 0 aliphatic rings. The lowest BCUT2D eigenvalue weighted by molar-refractivity contribution is -0.122. The number of ether oxygens (including phenoxy) is 1. The van der Waals surface area contributed by atoms with Gasteiger partial charge in [0, 0.05) is 30.3 Å². The van der Waals surface area contributed by atoms with Crippen molar-refractivity contribution in [1.29, 1.82) is 0 Å². The summed E-state index contributed by atoms with van der Waals surface area (Å²) in [6, 6.07) is 6.67. The van der Waals surface area contributed by atoms with Crippen LogP contribution in [0.1, 0.15) is 17.3 Å². The van der Waals surface area contributed by atoms with Gasteiger partial charge in [0.05, 0.1) is 12.2 Å². The molecule has 2 aromatic rings. The first-order chi connectivity index (χ1) is 10.0. The minimum Gasteiger partial charge on any atom is -0.478 e. The Morgan fingerprint density at radius 2 is 2.14 bits per heavy atom. The van der Waals surface area contributed by atoms with E-state index in [0.29, 0.717) is 12.0 Å². The van der Waals surface area contributed by atoms with Crippen LogP contribution in [0.25, 0.3) is 10.9 Å². The van der Waals surface area contributed by atoms with Gasteiger partial charge in [0.1, 0.15) is 6.54 Å². The van der Waals surface area contributed by atoms with Gasteiger partial charge < -0.3 is 19.7 Å². The second kappa shape index (κ2) is 6.41. The summed E-state index contributed by atoms with van der Waals surface area (Å²) in [6.45, 7) is 2.44. The summed E-state index contributed by atoms with van der Waals surface area (Å²) in [5, 5.41) is 12.6. The second-order valence-corrected chi connectivity index (χ2v) is 4.91. The van der Waals surface area contributed by atoms with E-state index in [4.69, 9.17) is 9.84 Å². The molecule has 2 rings (SSSR count). The van der Waals surface area contributed by atoms with Gasteiger partial charge in [0.2, 0.25) is 5.91 Å². The number of carbonyl (C=O) groups is 2. The van der Waals surface area contributed by atoms with Crippen molar-refractivity contribution in [3.05, 3.63) is 36.0 Å². The summed E-state index contributed by atoms with van der Waals surface area (Å²) in [5.74, 6) is -1.12. The zero-order valence-corrected chi connectivity index (χ0v) is 12.0. The van der Waals surface area contributed by atoms with Crippen molar-refractivity contribution in [1.82, 2.24) is 9.88 Å². The predicted molar refractivity (Wildman–Crippen MR) is 78.4 cm³/mol. The number of hydrogen-bond donors (Lipinski definition) is 2. The molecule has 2 N–H and O–H groups in total. The number of nitrogens with one attached hydrogen (secondary N) is 1. The maximum Gasteiger partial charge on any atom is 0.336 e. The van der Waals surface area contributed by atoms with Gasteiger partial charge in [0.25, 0.3) is 0 Å². The number of hydrogen-bond acceptors (Lipinski definition) is 3. The summed E-state index contributed by atoms with van der Waals surface area (Å²) in [6.07, 6.45) is 1.72. The van der Waals surface area contributed by atoms with Crippen LogP contribution in [0.15, 0.2) is 30.5 Å². The first-order valence-corrected chi connectivity index (χ1v) is 6.62. The van der Waals surface area contributed by atoms with E-state index in [2.05, 4.69) is 5.32 Å². The van der Waals surface area contributed by atoms with Gasteiger partial charge in [-0.15, -0.1) is 0 Å². The Morgan fingerprint density at radius 3 is 2.81 bits per heavy atom. The Bertz CT molecular complexity index is 663. The van der Waals surface area contributed by atoms with Gasteiger partial charge in [-0.05, 0) is 25.1 Å². The van der Waals surface area contributed by atoms with Crippen molar-refractivity contribution in [2.24, 2.45) is 0 Å². The van der Waals surface area contributed by atoms with Crippen LogP contribution in [0.5, 0.6) is 0 Å². The van der Waals surface area contributed by atoms with Gasteiger partial charge in [-0.25, -0.2) is 4.79 Å². The molecule has 6 heteroatoms. The third-order valence-electron chi connectivity index (χ3n) is 3.18. The molecule has 6 nitrogen and oxygen atoms in total. The lowest BCUT2D eigenvalue weighted by atomic mass is 10.1. The Labute approximate surface area is 122 Å². The summed E-state index contributed by atoms with van der Waals surface area (Å²) < 4.78 is 6.70. The van der Waals surface area contributed by atoms with E-state index in [0.717, 1.165) is 5.52 Å². The number of carboxylic acid groups (broad SMARTS) is 1. The highest BCUT2D eigenvalue weighted by Crippen LogP contribution is 2.20. The number of aromatic nitrogens is 1. The van der Waals surface area contributed by atoms with E-state index in [-0.39, 0.29) is 24.1 Å². The summed E-state index contributed by atoms with van der Waals surface area (Å²) >= 11 is 0. The van der Waals surface area contributed by atoms with E-state index >= 15 is 0 Å². The molecule has 0 saturated heterocycles. The third kappa shape index (κ3) is 3.41. The number of carboxylic acids is 1. The van der Waals surface area contributed by atoms with Crippen molar-refractivity contribution < 1.29 is 19.4 Å². The first-order valence-electron chi connectivity index (χ1n) is 6.62. The standard InChI is InChI=1S/C15H18N2O4/c1-10(9-21-2)16-14(18)8-17-7-6-11-12(15(19)20)4-3-5-13(11)17/h3-7,10H,8-9H2,1-2H3,(H,16,18)(H,19,20). The minimum absolute atomic E-state index is 0.0705. The van der Waals surface area contributed by atoms with Crippen molar-refractivity contribution in [2.75, 3.05) is 13.7 Å². The molecule has 0 saturated carbocycles. The molecule has 1 aromatic heterocycles. The number of benzene rings is 1. The van der Waals surface area contributed by atoms with Crippen LogP contribution in [0.4, 0.5) is 0 Å². The fourth-order valence-corrected chi connectivity index (χ4v) is 2.31. The molecule has 0 aliphatic carbocycles. The zero-order chi connectivity index (χ0) is 15.4. The van der Waals surface area contributed by atoms with Gasteiger partial charge in [-0.1, -0.05) is 6.07 Å². The third-order valence-corrected chi connectivity index (χ3v) is 3.18. The predicted octanol–water partition coefficient (Wildman–Crippen LogP) is 1.49. The molecule has 1 atom stereocenters. The fraction of sp³-hybridized carbons (Fsp3) is 0.333. The van der Waals surface area contributed by atoms with Crippen LogP contribution in [0, 0.1) is 0 Å². The van der Waals surface area contributed by atoms with Crippen LogP contribution in [0.2, 0.25) is 0 Å². The highest BCUT2D eigenvalue weighted by Gasteiger charge is 2.13. The molecule has 0 aliphatic heterocycles. The number of rotatable bonds is 6. The Morgan fingerprint density at radius 1 is 1.38 bits per heavy atom. The lowest BCUT2D eigenvalue weighted by Gasteiger charge is -2.13. The highest BCUT2D eigenvalue weighted by atomic mass is 16.5. The van der Waals surface area contributed by atoms with E-state index in [1.165, 1.54) is 0 Å². The monoisotopic (exact) mass is 290 g/mol. The van der Waals surface area contributed by atoms with Crippen molar-refractivity contribution in [3.63, 3.8) is 0 Å². The Balaban J connectivity index is 2.18. The molecule has 112 valence electrons. The van der Waals surface area contributed by atoms with E-state index in [9.17, 15) is 9.59 Å². The molecule has 1 unspecified atom stereocenters. The number of aromatic carboxylic acids is 1. The van der Waals surface area contributed by atoms with Crippen LogP contribution >= 0.6 is 0 Å². The Kier molecular flexibility index (Phi) is 4.59. The number of nitrogens with zero attached hydrogens (tertiary/aromatic N) is 1. The maximum atomic E-state index is 12.0. The van der Waals surface area contributed by atoms with E-state index in [1.54, 1.807) is 42.1 Å². The summed E-state index contributed by atoms with van der Waals surface area (Å²) in [7, 11) is 1.58. The lowest BCUT2D eigenvalue weighted by Crippen LogP contribution is -2.37. The smallest absolute Gasteiger partial charge is 0.336 e. The highest BCUT2D eigenvalue weighted by molar-refractivity contribution is 6.03. The number of carbonyl (C=O) groups excluding carboxylic acids is 1. The normalized spacial score (nSPS) is 12.3. The van der Waals surface area contributed by atoms with Gasteiger partial charge in [0.15, 0.2) is 0 Å². The minimum atomic E-state index is -0.975. The number of fused-ring (bicyclic) bond motifs is 1. The second-order valence-electron chi connectivity index (χ2n) is 4.91. The molecule has 1 amide bonds. The van der Waals surface area contributed by atoms with Crippen molar-refractivity contribution in [2.45, 2.75) is 19.5 Å². The molecular formula is C15H18N2O4. The Hall–Kier alpha value is -2.34. The number of amides is 1. The molecule has 0 spiro atoms. The van der Waals surface area contributed by atoms with E-state index in [1.807, 2.05) is 6.92 Å². The first kappa shape index (κ1) is 15.1. The van der Waals surface area contributed by atoms with Crippen LogP contribution in [-0.4, -0.2) is 41.3 Å². The van der Waals surface area contributed by atoms with Crippen LogP contribution in [0.3, 0.4) is 0 Å². The molecule has 1 aromatic carbocycles. The molecule has 0 fully saturated rings. The average molecular weight is 290 g/mol.